The maximum Gasteiger partial charge on any atom is 0.152 e. The number of fused-ring (bicyclic) bond motifs is 1. The van der Waals surface area contributed by atoms with E-state index in [1.807, 2.05) is 37.7 Å². The highest BCUT2D eigenvalue weighted by molar-refractivity contribution is 6.02. The van der Waals surface area contributed by atoms with E-state index < -0.39 is 0 Å². The number of aryl methyl sites for hydroxylation is 2. The van der Waals surface area contributed by atoms with Crippen molar-refractivity contribution >= 4 is 22.8 Å². The van der Waals surface area contributed by atoms with Crippen LogP contribution in [0.5, 0.6) is 0 Å². The second kappa shape index (κ2) is 3.63. The lowest BCUT2D eigenvalue weighted by Crippen LogP contribution is -1.90. The maximum atomic E-state index is 11.0. The van der Waals surface area contributed by atoms with Gasteiger partial charge >= 0.3 is 0 Å². The van der Waals surface area contributed by atoms with Gasteiger partial charge in [0.2, 0.25) is 0 Å². The van der Waals surface area contributed by atoms with Crippen molar-refractivity contribution in [1.29, 1.82) is 0 Å². The molecule has 2 rings (SSSR count). The van der Waals surface area contributed by atoms with Gasteiger partial charge in [0.15, 0.2) is 6.29 Å². The van der Waals surface area contributed by atoms with Gasteiger partial charge in [-0.2, -0.15) is 0 Å². The van der Waals surface area contributed by atoms with Crippen molar-refractivity contribution in [1.82, 2.24) is 4.57 Å². The summed E-state index contributed by atoms with van der Waals surface area (Å²) in [5.74, 6) is 0. The van der Waals surface area contributed by atoms with Crippen LogP contribution in [0, 0.1) is 6.92 Å². The van der Waals surface area contributed by atoms with Crippen molar-refractivity contribution < 1.29 is 4.79 Å². The van der Waals surface area contributed by atoms with Crippen LogP contribution in [0.15, 0.2) is 24.9 Å². The Morgan fingerprint density at radius 3 is 2.69 bits per heavy atom. The molecule has 1 aromatic heterocycles. The smallest absolute Gasteiger partial charge is 0.152 e. The molecule has 0 unspecified atom stereocenters. The van der Waals surface area contributed by atoms with Crippen LogP contribution in [0.1, 0.15) is 28.4 Å². The SMILES string of the molecule is C=C(C)c1cc(C)cc2c(C=O)cn(C)c12. The Kier molecular flexibility index (Phi) is 2.43. The molecule has 0 saturated carbocycles. The van der Waals surface area contributed by atoms with Crippen LogP contribution >= 0.6 is 0 Å². The first-order valence-electron chi connectivity index (χ1n) is 5.25. The number of allylic oxidation sites excluding steroid dienone is 1. The second-order valence-corrected chi connectivity index (χ2v) is 4.30. The van der Waals surface area contributed by atoms with Gasteiger partial charge in [-0.3, -0.25) is 4.79 Å². The van der Waals surface area contributed by atoms with E-state index >= 15 is 0 Å². The Balaban J connectivity index is 2.96. The second-order valence-electron chi connectivity index (χ2n) is 4.30. The highest BCUT2D eigenvalue weighted by atomic mass is 16.1. The summed E-state index contributed by atoms with van der Waals surface area (Å²) in [4.78, 5) is 11.0. The molecule has 0 radical (unpaired) electrons. The quantitative estimate of drug-likeness (QED) is 0.701. The van der Waals surface area contributed by atoms with E-state index in [2.05, 4.69) is 12.6 Å². The molecule has 0 aliphatic heterocycles. The summed E-state index contributed by atoms with van der Waals surface area (Å²) in [6.45, 7) is 8.01. The zero-order valence-corrected chi connectivity index (χ0v) is 9.87. The van der Waals surface area contributed by atoms with Gasteiger partial charge in [-0.05, 0) is 37.1 Å². The molecular weight excluding hydrogens is 198 g/mol. The van der Waals surface area contributed by atoms with E-state index in [4.69, 9.17) is 0 Å². The molecule has 82 valence electrons. The fourth-order valence-corrected chi connectivity index (χ4v) is 2.14. The first-order chi connectivity index (χ1) is 7.54. The standard InChI is InChI=1S/C14H15NO/c1-9(2)12-5-10(3)6-13-11(8-16)7-15(4)14(12)13/h5-8H,1H2,2-4H3. The number of aldehydes is 1. The van der Waals surface area contributed by atoms with Gasteiger partial charge in [0, 0.05) is 29.8 Å². The van der Waals surface area contributed by atoms with Crippen molar-refractivity contribution in [3.63, 3.8) is 0 Å². The average molecular weight is 213 g/mol. The molecule has 1 aromatic carbocycles. The van der Waals surface area contributed by atoms with Crippen LogP contribution in [0.3, 0.4) is 0 Å². The van der Waals surface area contributed by atoms with Crippen LogP contribution < -0.4 is 0 Å². The number of hydrogen-bond acceptors (Lipinski definition) is 1. The summed E-state index contributed by atoms with van der Waals surface area (Å²) in [7, 11) is 1.96. The van der Waals surface area contributed by atoms with Crippen LogP contribution in [-0.4, -0.2) is 10.9 Å². The molecule has 0 fully saturated rings. The Morgan fingerprint density at radius 2 is 2.12 bits per heavy atom. The number of rotatable bonds is 2. The Labute approximate surface area is 95.2 Å². The van der Waals surface area contributed by atoms with E-state index in [9.17, 15) is 4.79 Å². The topological polar surface area (TPSA) is 22.0 Å². The lowest BCUT2D eigenvalue weighted by Gasteiger charge is -2.07. The monoisotopic (exact) mass is 213 g/mol. The summed E-state index contributed by atoms with van der Waals surface area (Å²) in [6, 6.07) is 4.16. The Hall–Kier alpha value is -1.83. The van der Waals surface area contributed by atoms with Gasteiger partial charge in [-0.15, -0.1) is 0 Å². The normalized spacial score (nSPS) is 10.7. The average Bonchev–Trinajstić information content (AvgIpc) is 2.54. The summed E-state index contributed by atoms with van der Waals surface area (Å²) < 4.78 is 1.99. The van der Waals surface area contributed by atoms with E-state index in [0.29, 0.717) is 0 Å². The molecule has 2 heteroatoms. The third-order valence-corrected chi connectivity index (χ3v) is 2.84. The Morgan fingerprint density at radius 1 is 1.44 bits per heavy atom. The van der Waals surface area contributed by atoms with Crippen LogP contribution in [0.4, 0.5) is 0 Å². The number of carbonyl (C=O) groups is 1. The van der Waals surface area contributed by atoms with Crippen molar-refractivity contribution in [3.8, 4) is 0 Å². The molecule has 0 saturated heterocycles. The molecule has 2 nitrogen and oxygen atoms in total. The summed E-state index contributed by atoms with van der Waals surface area (Å²) in [5, 5.41) is 1.01. The zero-order valence-electron chi connectivity index (χ0n) is 9.87. The first-order valence-corrected chi connectivity index (χ1v) is 5.25. The number of carbonyl (C=O) groups excluding carboxylic acids is 1. The van der Waals surface area contributed by atoms with Gasteiger partial charge in [-0.25, -0.2) is 0 Å². The number of aromatic nitrogens is 1. The summed E-state index contributed by atoms with van der Waals surface area (Å²) in [5.41, 5.74) is 5.11. The summed E-state index contributed by atoms with van der Waals surface area (Å²) in [6.07, 6.45) is 2.77. The lowest BCUT2D eigenvalue weighted by molar-refractivity contribution is 0.112. The molecule has 0 spiro atoms. The third-order valence-electron chi connectivity index (χ3n) is 2.84. The Bertz CT molecular complexity index is 590. The van der Waals surface area contributed by atoms with Crippen LogP contribution in [-0.2, 0) is 7.05 Å². The van der Waals surface area contributed by atoms with E-state index in [1.165, 1.54) is 0 Å². The molecule has 0 atom stereocenters. The molecule has 0 aliphatic rings. The molecule has 1 heterocycles. The molecule has 0 bridgehead atoms. The van der Waals surface area contributed by atoms with Crippen molar-refractivity contribution in [3.05, 3.63) is 41.6 Å². The molecule has 16 heavy (non-hydrogen) atoms. The van der Waals surface area contributed by atoms with Gasteiger partial charge in [0.05, 0.1) is 5.52 Å². The molecule has 2 aromatic rings. The molecular formula is C14H15NO. The molecule has 0 N–H and O–H groups in total. The van der Waals surface area contributed by atoms with Crippen LogP contribution in [0.2, 0.25) is 0 Å². The molecule has 0 aliphatic carbocycles. The fraction of sp³-hybridized carbons (Fsp3) is 0.214. The van der Waals surface area contributed by atoms with E-state index in [1.54, 1.807) is 0 Å². The summed E-state index contributed by atoms with van der Waals surface area (Å²) >= 11 is 0. The predicted molar refractivity (Wildman–Crippen MR) is 67.8 cm³/mol. The number of nitrogens with zero attached hydrogens (tertiary/aromatic N) is 1. The highest BCUT2D eigenvalue weighted by Gasteiger charge is 2.11. The molecule has 0 amide bonds. The number of hydrogen-bond donors (Lipinski definition) is 0. The first kappa shape index (κ1) is 10.7. The predicted octanol–water partition coefficient (Wildman–Crippen LogP) is 3.33. The van der Waals surface area contributed by atoms with Gasteiger partial charge in [0.1, 0.15) is 0 Å². The van der Waals surface area contributed by atoms with Gasteiger partial charge in [-0.1, -0.05) is 6.58 Å². The lowest BCUT2D eigenvalue weighted by atomic mass is 10.0. The van der Waals surface area contributed by atoms with Crippen molar-refractivity contribution in [2.45, 2.75) is 13.8 Å². The van der Waals surface area contributed by atoms with Gasteiger partial charge in [0.25, 0.3) is 0 Å². The van der Waals surface area contributed by atoms with E-state index in [0.717, 1.165) is 39.5 Å². The van der Waals surface area contributed by atoms with E-state index in [-0.39, 0.29) is 0 Å². The third kappa shape index (κ3) is 1.47. The van der Waals surface area contributed by atoms with Gasteiger partial charge < -0.3 is 4.57 Å². The van der Waals surface area contributed by atoms with Crippen molar-refractivity contribution in [2.75, 3.05) is 0 Å². The zero-order chi connectivity index (χ0) is 11.9. The largest absolute Gasteiger partial charge is 0.349 e. The van der Waals surface area contributed by atoms with Crippen LogP contribution in [0.25, 0.3) is 16.5 Å². The number of benzene rings is 1. The minimum absolute atomic E-state index is 0.740. The minimum atomic E-state index is 0.740. The maximum absolute atomic E-state index is 11.0. The minimum Gasteiger partial charge on any atom is -0.349 e. The fourth-order valence-electron chi connectivity index (χ4n) is 2.14. The van der Waals surface area contributed by atoms with Crippen molar-refractivity contribution in [2.24, 2.45) is 7.05 Å². The highest BCUT2D eigenvalue weighted by Crippen LogP contribution is 2.28.